The zero-order valence-electron chi connectivity index (χ0n) is 8.67. The second-order valence-corrected chi connectivity index (χ2v) is 4.56. The Labute approximate surface area is 97.1 Å². The molecule has 0 radical (unpaired) electrons. The van der Waals surface area contributed by atoms with Gasteiger partial charge in [0.25, 0.3) is 0 Å². The third kappa shape index (κ3) is 2.95. The minimum absolute atomic E-state index is 0.345. The molecule has 0 spiro atoms. The topological polar surface area (TPSA) is 24.4 Å². The summed E-state index contributed by atoms with van der Waals surface area (Å²) in [5.41, 5.74) is 0.454. The van der Waals surface area contributed by atoms with E-state index in [0.717, 1.165) is 30.0 Å². The molecule has 1 aliphatic rings. The Bertz CT molecular complexity index is 407. The van der Waals surface area contributed by atoms with Gasteiger partial charge in [-0.15, -0.1) is 0 Å². The quantitative estimate of drug-likeness (QED) is 0.862. The second-order valence-electron chi connectivity index (χ2n) is 3.48. The normalized spacial score (nSPS) is 15.8. The summed E-state index contributed by atoms with van der Waals surface area (Å²) in [4.78, 5) is 4.26. The van der Waals surface area contributed by atoms with Crippen LogP contribution in [0.15, 0.2) is 23.2 Å². The second kappa shape index (κ2) is 5.30. The Balaban J connectivity index is 1.96. The number of rotatable bonds is 2. The highest BCUT2D eigenvalue weighted by molar-refractivity contribution is 8.13. The molecular formula is C11H12F2N2S. The van der Waals surface area contributed by atoms with E-state index in [2.05, 4.69) is 10.3 Å². The smallest absolute Gasteiger partial charge is 0.156 e. The lowest BCUT2D eigenvalue weighted by molar-refractivity contribution is 0.570. The van der Waals surface area contributed by atoms with E-state index in [9.17, 15) is 8.78 Å². The van der Waals surface area contributed by atoms with Crippen molar-refractivity contribution in [3.8, 4) is 0 Å². The molecule has 0 aliphatic carbocycles. The fourth-order valence-corrected chi connectivity index (χ4v) is 2.23. The van der Waals surface area contributed by atoms with Gasteiger partial charge in [-0.3, -0.25) is 4.99 Å². The molecule has 16 heavy (non-hydrogen) atoms. The minimum Gasteiger partial charge on any atom is -0.361 e. The van der Waals surface area contributed by atoms with Crippen LogP contribution in [-0.4, -0.2) is 17.5 Å². The predicted molar refractivity (Wildman–Crippen MR) is 62.6 cm³/mol. The molecule has 1 aromatic rings. The van der Waals surface area contributed by atoms with Gasteiger partial charge in [-0.1, -0.05) is 17.8 Å². The highest BCUT2D eigenvalue weighted by atomic mass is 32.2. The molecule has 0 saturated heterocycles. The third-order valence-electron chi connectivity index (χ3n) is 2.24. The van der Waals surface area contributed by atoms with E-state index in [-0.39, 0.29) is 0 Å². The summed E-state index contributed by atoms with van der Waals surface area (Å²) in [5, 5.41) is 3.89. The van der Waals surface area contributed by atoms with Crippen molar-refractivity contribution < 1.29 is 8.78 Å². The first-order valence-electron chi connectivity index (χ1n) is 5.11. The Kier molecular flexibility index (Phi) is 3.77. The van der Waals surface area contributed by atoms with Gasteiger partial charge in [0.05, 0.1) is 0 Å². The molecule has 86 valence electrons. The van der Waals surface area contributed by atoms with Crippen molar-refractivity contribution in [2.75, 3.05) is 12.3 Å². The van der Waals surface area contributed by atoms with Crippen LogP contribution in [0, 0.1) is 11.6 Å². The van der Waals surface area contributed by atoms with E-state index in [1.807, 2.05) is 0 Å². The van der Waals surface area contributed by atoms with E-state index in [4.69, 9.17) is 0 Å². The van der Waals surface area contributed by atoms with Gasteiger partial charge in [-0.2, -0.15) is 0 Å². The van der Waals surface area contributed by atoms with Gasteiger partial charge in [0.2, 0.25) is 0 Å². The predicted octanol–water partition coefficient (Wildman–Crippen LogP) is 2.55. The minimum atomic E-state index is -0.550. The number of hydrogen-bond donors (Lipinski definition) is 1. The number of aliphatic imine (C=N–C) groups is 1. The van der Waals surface area contributed by atoms with Crippen LogP contribution in [0.5, 0.6) is 0 Å². The largest absolute Gasteiger partial charge is 0.361 e. The van der Waals surface area contributed by atoms with Crippen LogP contribution >= 0.6 is 11.8 Å². The molecule has 0 atom stereocenters. The van der Waals surface area contributed by atoms with Crippen LogP contribution in [0.1, 0.15) is 12.0 Å². The molecule has 1 aromatic carbocycles. The van der Waals surface area contributed by atoms with E-state index >= 15 is 0 Å². The zero-order valence-corrected chi connectivity index (χ0v) is 9.49. The van der Waals surface area contributed by atoms with E-state index in [0.29, 0.717) is 12.1 Å². The van der Waals surface area contributed by atoms with Crippen LogP contribution in [-0.2, 0) is 6.54 Å². The van der Waals surface area contributed by atoms with Gasteiger partial charge in [-0.05, 0) is 12.5 Å². The van der Waals surface area contributed by atoms with E-state index in [1.54, 1.807) is 11.8 Å². The molecule has 0 bridgehead atoms. The number of halogens is 2. The van der Waals surface area contributed by atoms with Crippen molar-refractivity contribution in [2.24, 2.45) is 4.99 Å². The summed E-state index contributed by atoms with van der Waals surface area (Å²) < 4.78 is 25.9. The summed E-state index contributed by atoms with van der Waals surface area (Å²) in [6.07, 6.45) is 1.08. The van der Waals surface area contributed by atoms with Crippen LogP contribution in [0.4, 0.5) is 8.78 Å². The molecule has 1 aliphatic heterocycles. The van der Waals surface area contributed by atoms with Crippen LogP contribution in [0.3, 0.4) is 0 Å². The Morgan fingerprint density at radius 2 is 2.25 bits per heavy atom. The fraction of sp³-hybridized carbons (Fsp3) is 0.364. The molecule has 0 unspecified atom stereocenters. The monoisotopic (exact) mass is 242 g/mol. The first kappa shape index (κ1) is 11.4. The maximum absolute atomic E-state index is 13.3. The number of hydrogen-bond acceptors (Lipinski definition) is 3. The van der Waals surface area contributed by atoms with Gasteiger partial charge in [0.1, 0.15) is 11.6 Å². The van der Waals surface area contributed by atoms with Gasteiger partial charge in [0.15, 0.2) is 5.17 Å². The third-order valence-corrected chi connectivity index (χ3v) is 3.28. The average Bonchev–Trinajstić information content (AvgIpc) is 2.29. The van der Waals surface area contributed by atoms with E-state index in [1.165, 1.54) is 12.1 Å². The Hall–Kier alpha value is -1.10. The van der Waals surface area contributed by atoms with Crippen LogP contribution in [0.25, 0.3) is 0 Å². The van der Waals surface area contributed by atoms with Gasteiger partial charge in [0, 0.05) is 30.5 Å². The molecule has 0 amide bonds. The first-order chi connectivity index (χ1) is 7.75. The lowest BCUT2D eigenvalue weighted by Gasteiger charge is -2.13. The molecule has 1 heterocycles. The molecule has 0 fully saturated rings. The summed E-state index contributed by atoms with van der Waals surface area (Å²) in [6.45, 7) is 1.17. The standard InChI is InChI=1S/C11H12F2N2S/c12-9-3-2-8(10(13)6-9)7-15-11-14-4-1-5-16-11/h2-3,6H,1,4-5,7H2,(H,14,15). The maximum Gasteiger partial charge on any atom is 0.156 e. The SMILES string of the molecule is Fc1ccc(CNC2=NCCCS2)c(F)c1. The van der Waals surface area contributed by atoms with Gasteiger partial charge >= 0.3 is 0 Å². The first-order valence-corrected chi connectivity index (χ1v) is 6.09. The Morgan fingerprint density at radius 3 is 2.94 bits per heavy atom. The molecule has 2 rings (SSSR count). The van der Waals surface area contributed by atoms with Crippen LogP contribution < -0.4 is 5.32 Å². The highest BCUT2D eigenvalue weighted by Gasteiger charge is 2.07. The molecule has 0 aromatic heterocycles. The summed E-state index contributed by atoms with van der Waals surface area (Å²) in [5.74, 6) is -0.0305. The van der Waals surface area contributed by atoms with Crippen molar-refractivity contribution in [3.63, 3.8) is 0 Å². The number of nitrogens with one attached hydrogen (secondary N) is 1. The molecule has 5 heteroatoms. The van der Waals surface area contributed by atoms with E-state index < -0.39 is 11.6 Å². The van der Waals surface area contributed by atoms with Crippen molar-refractivity contribution in [2.45, 2.75) is 13.0 Å². The van der Waals surface area contributed by atoms with Crippen molar-refractivity contribution in [1.29, 1.82) is 0 Å². The Morgan fingerprint density at radius 1 is 1.38 bits per heavy atom. The number of amidine groups is 1. The maximum atomic E-state index is 13.3. The average molecular weight is 242 g/mol. The summed E-state index contributed by atoms with van der Waals surface area (Å²) in [7, 11) is 0. The number of nitrogens with zero attached hydrogens (tertiary/aromatic N) is 1. The zero-order chi connectivity index (χ0) is 11.4. The highest BCUT2D eigenvalue weighted by Crippen LogP contribution is 2.13. The summed E-state index contributed by atoms with van der Waals surface area (Å²) >= 11 is 1.63. The van der Waals surface area contributed by atoms with Gasteiger partial charge < -0.3 is 5.32 Å². The number of thioether (sulfide) groups is 1. The number of benzene rings is 1. The van der Waals surface area contributed by atoms with Gasteiger partial charge in [-0.25, -0.2) is 8.78 Å². The molecule has 1 N–H and O–H groups in total. The van der Waals surface area contributed by atoms with Crippen molar-refractivity contribution >= 4 is 16.9 Å². The molecule has 2 nitrogen and oxygen atoms in total. The lowest BCUT2D eigenvalue weighted by Crippen LogP contribution is -2.23. The fourth-order valence-electron chi connectivity index (χ4n) is 1.40. The molecule has 0 saturated carbocycles. The van der Waals surface area contributed by atoms with Crippen molar-refractivity contribution in [1.82, 2.24) is 5.32 Å². The molecular weight excluding hydrogens is 230 g/mol. The lowest BCUT2D eigenvalue weighted by atomic mass is 10.2. The summed E-state index contributed by atoms with van der Waals surface area (Å²) in [6, 6.07) is 3.61. The van der Waals surface area contributed by atoms with Crippen LogP contribution in [0.2, 0.25) is 0 Å². The van der Waals surface area contributed by atoms with Crippen molar-refractivity contribution in [3.05, 3.63) is 35.4 Å².